The molecule has 1 saturated carbocycles. The summed E-state index contributed by atoms with van der Waals surface area (Å²) in [6.45, 7) is 0.557. The van der Waals surface area contributed by atoms with Crippen molar-refractivity contribution in [2.45, 2.75) is 50.2 Å². The summed E-state index contributed by atoms with van der Waals surface area (Å²) in [6, 6.07) is 1.40. The van der Waals surface area contributed by atoms with Gasteiger partial charge in [0, 0.05) is 20.4 Å². The first-order chi connectivity index (χ1) is 8.83. The van der Waals surface area contributed by atoms with Gasteiger partial charge in [-0.25, -0.2) is 0 Å². The van der Waals surface area contributed by atoms with E-state index < -0.39 is 0 Å². The third-order valence-corrected chi connectivity index (χ3v) is 5.53. The van der Waals surface area contributed by atoms with Crippen molar-refractivity contribution in [1.82, 2.24) is 0 Å². The van der Waals surface area contributed by atoms with Gasteiger partial charge in [0.05, 0.1) is 28.3 Å². The first-order valence-corrected chi connectivity index (χ1v) is 9.12. The Bertz CT molecular complexity index is 235. The highest BCUT2D eigenvalue weighted by molar-refractivity contribution is 6.35. The first-order valence-electron chi connectivity index (χ1n) is 7.12. The van der Waals surface area contributed by atoms with Gasteiger partial charge in [-0.15, -0.1) is 0 Å². The van der Waals surface area contributed by atoms with E-state index in [1.165, 1.54) is 31.7 Å². The van der Waals surface area contributed by atoms with Crippen LogP contribution in [-0.2, 0) is 18.9 Å². The zero-order chi connectivity index (χ0) is 12.8. The molecule has 0 bridgehead atoms. The number of ether oxygens (including phenoxy) is 4. The van der Waals surface area contributed by atoms with Gasteiger partial charge in [0.1, 0.15) is 0 Å². The normalized spacial score (nSPS) is 31.2. The minimum absolute atomic E-state index is 0.0694. The van der Waals surface area contributed by atoms with Gasteiger partial charge in [-0.05, 0) is 25.2 Å². The number of hydrogen-bond acceptors (Lipinski definition) is 4. The highest BCUT2D eigenvalue weighted by Crippen LogP contribution is 2.40. The standard InChI is InChI=1S/C13H26O4Si/c1-14-13(15-2)8-16-9-18-6-5-10-3-4-11-12(7-10)17-11/h10-13H,3-9,18H2,1-2H3. The van der Waals surface area contributed by atoms with Crippen LogP contribution in [0.3, 0.4) is 0 Å². The first kappa shape index (κ1) is 14.5. The molecule has 106 valence electrons. The van der Waals surface area contributed by atoms with Gasteiger partial charge in [-0.2, -0.15) is 0 Å². The molecule has 0 amide bonds. The van der Waals surface area contributed by atoms with Crippen molar-refractivity contribution < 1.29 is 18.9 Å². The number of rotatable bonds is 9. The second-order valence-corrected chi connectivity index (χ2v) is 7.19. The maximum Gasteiger partial charge on any atom is 0.180 e. The van der Waals surface area contributed by atoms with Crippen LogP contribution in [0.4, 0.5) is 0 Å². The molecule has 1 aliphatic carbocycles. The average Bonchev–Trinajstić information content (AvgIpc) is 3.16. The maximum atomic E-state index is 5.58. The number of methoxy groups -OCH3 is 2. The molecule has 2 rings (SSSR count). The predicted molar refractivity (Wildman–Crippen MR) is 72.6 cm³/mol. The van der Waals surface area contributed by atoms with Crippen LogP contribution in [0, 0.1) is 5.92 Å². The van der Waals surface area contributed by atoms with Crippen LogP contribution < -0.4 is 0 Å². The molecule has 2 aliphatic rings. The molecule has 0 N–H and O–H groups in total. The van der Waals surface area contributed by atoms with Crippen molar-refractivity contribution in [3.8, 4) is 0 Å². The summed E-state index contributed by atoms with van der Waals surface area (Å²) in [5.74, 6) is 0.923. The lowest BCUT2D eigenvalue weighted by molar-refractivity contribution is -0.136. The van der Waals surface area contributed by atoms with Gasteiger partial charge in [0.15, 0.2) is 6.29 Å². The van der Waals surface area contributed by atoms with Crippen molar-refractivity contribution in [2.24, 2.45) is 5.92 Å². The van der Waals surface area contributed by atoms with Crippen LogP contribution in [0.25, 0.3) is 0 Å². The number of epoxide rings is 1. The Hall–Kier alpha value is 0.0569. The van der Waals surface area contributed by atoms with Crippen molar-refractivity contribution in [3.05, 3.63) is 0 Å². The molecule has 0 radical (unpaired) electrons. The second kappa shape index (κ2) is 7.60. The second-order valence-electron chi connectivity index (χ2n) is 5.36. The summed E-state index contributed by atoms with van der Waals surface area (Å²) in [5, 5.41) is 0. The van der Waals surface area contributed by atoms with Crippen LogP contribution in [0.2, 0.25) is 6.04 Å². The molecule has 3 atom stereocenters. The minimum Gasteiger partial charge on any atom is -0.380 e. The maximum absolute atomic E-state index is 5.58. The molecule has 5 heteroatoms. The fourth-order valence-electron chi connectivity index (χ4n) is 2.80. The molecule has 1 heterocycles. The van der Waals surface area contributed by atoms with E-state index in [9.17, 15) is 0 Å². The molecule has 2 fully saturated rings. The Morgan fingerprint density at radius 1 is 1.22 bits per heavy atom. The monoisotopic (exact) mass is 274 g/mol. The summed E-state index contributed by atoms with van der Waals surface area (Å²) >= 11 is 0. The minimum atomic E-state index is -0.207. The van der Waals surface area contributed by atoms with Crippen LogP contribution in [0.15, 0.2) is 0 Å². The third kappa shape index (κ3) is 4.62. The van der Waals surface area contributed by atoms with Gasteiger partial charge < -0.3 is 18.9 Å². The Balaban J connectivity index is 1.41. The summed E-state index contributed by atoms with van der Waals surface area (Å²) in [6.07, 6.45) is 7.39. The molecule has 3 unspecified atom stereocenters. The lowest BCUT2D eigenvalue weighted by Crippen LogP contribution is -2.22. The Morgan fingerprint density at radius 3 is 2.78 bits per heavy atom. The van der Waals surface area contributed by atoms with E-state index in [4.69, 9.17) is 18.9 Å². The quantitative estimate of drug-likeness (QED) is 0.273. The Morgan fingerprint density at radius 2 is 2.06 bits per heavy atom. The summed E-state index contributed by atoms with van der Waals surface area (Å²) in [4.78, 5) is 0. The topological polar surface area (TPSA) is 40.2 Å². The van der Waals surface area contributed by atoms with Crippen molar-refractivity contribution in [1.29, 1.82) is 0 Å². The van der Waals surface area contributed by atoms with Gasteiger partial charge in [-0.1, -0.05) is 12.5 Å². The molecule has 0 aromatic heterocycles. The summed E-state index contributed by atoms with van der Waals surface area (Å²) in [7, 11) is 3.22. The number of fused-ring (bicyclic) bond motifs is 1. The van der Waals surface area contributed by atoms with Crippen LogP contribution in [0.1, 0.15) is 25.7 Å². The molecule has 18 heavy (non-hydrogen) atoms. The van der Waals surface area contributed by atoms with E-state index in [1.807, 2.05) is 0 Å². The highest BCUT2D eigenvalue weighted by Gasteiger charge is 2.43. The zero-order valence-corrected chi connectivity index (χ0v) is 13.0. The molecule has 1 aliphatic heterocycles. The summed E-state index contributed by atoms with van der Waals surface area (Å²) in [5.41, 5.74) is 0. The van der Waals surface area contributed by atoms with E-state index in [0.29, 0.717) is 18.8 Å². The van der Waals surface area contributed by atoms with Gasteiger partial charge >= 0.3 is 0 Å². The SMILES string of the molecule is COC(COC[SiH2]CCC1CCC2OC2C1)OC. The zero-order valence-electron chi connectivity index (χ0n) is 11.6. The average molecular weight is 274 g/mol. The van der Waals surface area contributed by atoms with Crippen molar-refractivity contribution in [3.63, 3.8) is 0 Å². The molecule has 0 spiro atoms. The molecule has 0 aromatic carbocycles. The molecule has 0 aromatic rings. The Kier molecular flexibility index (Phi) is 6.11. The highest BCUT2D eigenvalue weighted by atomic mass is 28.2. The van der Waals surface area contributed by atoms with Crippen molar-refractivity contribution in [2.75, 3.05) is 27.1 Å². The number of hydrogen-bond donors (Lipinski definition) is 0. The van der Waals surface area contributed by atoms with E-state index in [-0.39, 0.29) is 15.8 Å². The van der Waals surface area contributed by atoms with E-state index >= 15 is 0 Å². The lowest BCUT2D eigenvalue weighted by Gasteiger charge is -2.18. The van der Waals surface area contributed by atoms with E-state index in [0.717, 1.165) is 12.1 Å². The summed E-state index contributed by atoms with van der Waals surface area (Å²) < 4.78 is 21.3. The molecule has 1 saturated heterocycles. The predicted octanol–water partition coefficient (Wildman–Crippen LogP) is 1.12. The Labute approximate surface area is 112 Å². The fourth-order valence-corrected chi connectivity index (χ4v) is 4.24. The smallest absolute Gasteiger partial charge is 0.180 e. The molecular formula is C13H26O4Si. The van der Waals surface area contributed by atoms with Gasteiger partial charge in [-0.3, -0.25) is 0 Å². The van der Waals surface area contributed by atoms with Gasteiger partial charge in [0.25, 0.3) is 0 Å². The van der Waals surface area contributed by atoms with Crippen LogP contribution in [0.5, 0.6) is 0 Å². The lowest BCUT2D eigenvalue weighted by atomic mass is 9.88. The van der Waals surface area contributed by atoms with E-state index in [1.54, 1.807) is 14.2 Å². The van der Waals surface area contributed by atoms with Crippen molar-refractivity contribution >= 4 is 9.52 Å². The molecular weight excluding hydrogens is 248 g/mol. The molecule has 4 nitrogen and oxygen atoms in total. The van der Waals surface area contributed by atoms with Gasteiger partial charge in [0.2, 0.25) is 0 Å². The van der Waals surface area contributed by atoms with Crippen LogP contribution in [-0.4, -0.2) is 55.1 Å². The fraction of sp³-hybridized carbons (Fsp3) is 1.00. The van der Waals surface area contributed by atoms with E-state index in [2.05, 4.69) is 0 Å². The van der Waals surface area contributed by atoms with Crippen LogP contribution >= 0.6 is 0 Å². The largest absolute Gasteiger partial charge is 0.380 e. The third-order valence-electron chi connectivity index (χ3n) is 4.04.